The Morgan fingerprint density at radius 3 is 2.56 bits per heavy atom. The van der Waals surface area contributed by atoms with Gasteiger partial charge in [-0.05, 0) is 53.7 Å². The van der Waals surface area contributed by atoms with Gasteiger partial charge in [0.2, 0.25) is 0 Å². The van der Waals surface area contributed by atoms with E-state index in [4.69, 9.17) is 15.2 Å². The molecule has 0 aromatic heterocycles. The van der Waals surface area contributed by atoms with Gasteiger partial charge in [0.1, 0.15) is 18.0 Å². The largest absolute Gasteiger partial charge is 0.492 e. The number of carbonyl (C=O) groups is 1. The van der Waals surface area contributed by atoms with Crippen LogP contribution in [0.15, 0.2) is 18.2 Å². The first-order chi connectivity index (χ1) is 12.7. The summed E-state index contributed by atoms with van der Waals surface area (Å²) in [5.41, 5.74) is 7.48. The Kier molecular flexibility index (Phi) is 9.21. The number of nitrogens with zero attached hydrogens (tertiary/aromatic N) is 1. The van der Waals surface area contributed by atoms with Crippen LogP contribution in [0.25, 0.3) is 0 Å². The zero-order valence-corrected chi connectivity index (χ0v) is 17.6. The van der Waals surface area contributed by atoms with Crippen LogP contribution in [0.1, 0.15) is 41.5 Å². The maximum atomic E-state index is 11.7. The number of hydrogen-bond donors (Lipinski definition) is 3. The molecule has 0 aliphatic heterocycles. The molecule has 0 saturated carbocycles. The van der Waals surface area contributed by atoms with Crippen molar-refractivity contribution in [3.05, 3.63) is 18.2 Å². The highest BCUT2D eigenvalue weighted by Gasteiger charge is 2.17. The average molecular weight is 381 g/mol. The fourth-order valence-corrected chi connectivity index (χ4v) is 2.66. The number of amides is 1. The molecular formula is C20H36N4O3. The molecule has 1 amide bonds. The smallest absolute Gasteiger partial charge is 0.407 e. The highest BCUT2D eigenvalue weighted by atomic mass is 16.6. The van der Waals surface area contributed by atoms with Gasteiger partial charge in [0, 0.05) is 31.7 Å². The summed E-state index contributed by atoms with van der Waals surface area (Å²) in [7, 11) is 0. The fraction of sp³-hybridized carbons (Fsp3) is 0.650. The maximum absolute atomic E-state index is 11.7. The molecule has 4 N–H and O–H groups in total. The van der Waals surface area contributed by atoms with Gasteiger partial charge in [-0.15, -0.1) is 0 Å². The molecule has 0 radical (unpaired) electrons. The third-order valence-corrected chi connectivity index (χ3v) is 3.90. The number of hydrogen-bond acceptors (Lipinski definition) is 6. The summed E-state index contributed by atoms with van der Waals surface area (Å²) in [6, 6.07) is 6.18. The van der Waals surface area contributed by atoms with E-state index in [2.05, 4.69) is 36.3 Å². The Morgan fingerprint density at radius 2 is 2.00 bits per heavy atom. The summed E-state index contributed by atoms with van der Waals surface area (Å²) in [4.78, 5) is 13.9. The Morgan fingerprint density at radius 1 is 1.30 bits per heavy atom. The zero-order chi connectivity index (χ0) is 20.4. The molecule has 27 heavy (non-hydrogen) atoms. The quantitative estimate of drug-likeness (QED) is 0.540. The van der Waals surface area contributed by atoms with Gasteiger partial charge in [0.15, 0.2) is 0 Å². The molecule has 0 saturated heterocycles. The SMILES string of the molecule is CCNc1ccc(OCCNC(=O)OC(C)(C)C)cc1N(CC)C(C)CN. The summed E-state index contributed by atoms with van der Waals surface area (Å²) in [6.45, 7) is 14.8. The minimum Gasteiger partial charge on any atom is -0.492 e. The van der Waals surface area contributed by atoms with Crippen molar-refractivity contribution in [1.29, 1.82) is 0 Å². The van der Waals surface area contributed by atoms with E-state index < -0.39 is 11.7 Å². The highest BCUT2D eigenvalue weighted by molar-refractivity contribution is 5.72. The molecule has 7 nitrogen and oxygen atoms in total. The molecule has 0 bridgehead atoms. The van der Waals surface area contributed by atoms with E-state index in [-0.39, 0.29) is 6.04 Å². The summed E-state index contributed by atoms with van der Waals surface area (Å²) < 4.78 is 11.0. The van der Waals surface area contributed by atoms with Gasteiger partial charge >= 0.3 is 6.09 Å². The van der Waals surface area contributed by atoms with E-state index >= 15 is 0 Å². The first kappa shape index (κ1) is 22.9. The molecule has 0 aliphatic carbocycles. The first-order valence-electron chi connectivity index (χ1n) is 9.66. The third-order valence-electron chi connectivity index (χ3n) is 3.90. The molecule has 0 heterocycles. The topological polar surface area (TPSA) is 88.9 Å². The van der Waals surface area contributed by atoms with E-state index in [1.165, 1.54) is 0 Å². The summed E-state index contributed by atoms with van der Waals surface area (Å²) in [5, 5.41) is 6.08. The summed E-state index contributed by atoms with van der Waals surface area (Å²) >= 11 is 0. The standard InChI is InChI=1S/C20H36N4O3/c1-7-22-17-10-9-16(13-18(17)24(8-2)15(3)14-21)26-12-11-23-19(25)27-20(4,5)6/h9-10,13,15,22H,7-8,11-12,14,21H2,1-6H3,(H,23,25). The maximum Gasteiger partial charge on any atom is 0.407 e. The normalized spacial score (nSPS) is 12.3. The lowest BCUT2D eigenvalue weighted by Gasteiger charge is -2.31. The second-order valence-corrected chi connectivity index (χ2v) is 7.36. The average Bonchev–Trinajstić information content (AvgIpc) is 2.59. The lowest BCUT2D eigenvalue weighted by Crippen LogP contribution is -2.38. The molecule has 7 heteroatoms. The van der Waals surface area contributed by atoms with Crippen molar-refractivity contribution in [3.8, 4) is 5.75 Å². The lowest BCUT2D eigenvalue weighted by atomic mass is 10.1. The molecular weight excluding hydrogens is 344 g/mol. The second kappa shape index (κ2) is 10.9. The molecule has 0 spiro atoms. The second-order valence-electron chi connectivity index (χ2n) is 7.36. The van der Waals surface area contributed by atoms with E-state index in [0.717, 1.165) is 30.2 Å². The number of nitrogens with one attached hydrogen (secondary N) is 2. The molecule has 0 fully saturated rings. The van der Waals surface area contributed by atoms with Crippen LogP contribution in [0.5, 0.6) is 5.75 Å². The Balaban J connectivity index is 2.73. The highest BCUT2D eigenvalue weighted by Crippen LogP contribution is 2.31. The number of nitrogens with two attached hydrogens (primary N) is 1. The monoisotopic (exact) mass is 380 g/mol. The van der Waals surface area contributed by atoms with Crippen LogP contribution in [-0.2, 0) is 4.74 Å². The van der Waals surface area contributed by atoms with E-state index in [1.54, 1.807) is 0 Å². The van der Waals surface area contributed by atoms with Crippen LogP contribution in [0.2, 0.25) is 0 Å². The number of rotatable bonds is 10. The fourth-order valence-electron chi connectivity index (χ4n) is 2.66. The third kappa shape index (κ3) is 7.95. The number of carbonyl (C=O) groups excluding carboxylic acids is 1. The lowest BCUT2D eigenvalue weighted by molar-refractivity contribution is 0.0520. The first-order valence-corrected chi connectivity index (χ1v) is 9.66. The van der Waals surface area contributed by atoms with Crippen LogP contribution in [0, 0.1) is 0 Å². The predicted octanol–water partition coefficient (Wildman–Crippen LogP) is 3.20. The van der Waals surface area contributed by atoms with Crippen molar-refractivity contribution in [2.75, 3.05) is 43.0 Å². The number of ether oxygens (including phenoxy) is 2. The number of anilines is 2. The van der Waals surface area contributed by atoms with E-state index in [0.29, 0.717) is 19.7 Å². The van der Waals surface area contributed by atoms with Crippen molar-refractivity contribution >= 4 is 17.5 Å². The van der Waals surface area contributed by atoms with Crippen molar-refractivity contribution in [3.63, 3.8) is 0 Å². The minimum absolute atomic E-state index is 0.219. The van der Waals surface area contributed by atoms with Gasteiger partial charge in [-0.3, -0.25) is 0 Å². The van der Waals surface area contributed by atoms with Crippen LogP contribution in [0.3, 0.4) is 0 Å². The Labute approximate surface area is 163 Å². The van der Waals surface area contributed by atoms with E-state index in [9.17, 15) is 4.79 Å². The van der Waals surface area contributed by atoms with Gasteiger partial charge < -0.3 is 30.7 Å². The minimum atomic E-state index is -0.509. The predicted molar refractivity (Wildman–Crippen MR) is 112 cm³/mol. The molecule has 1 atom stereocenters. The van der Waals surface area contributed by atoms with Gasteiger partial charge in [-0.25, -0.2) is 4.79 Å². The van der Waals surface area contributed by atoms with Gasteiger partial charge in [-0.1, -0.05) is 0 Å². The van der Waals surface area contributed by atoms with Gasteiger partial charge in [-0.2, -0.15) is 0 Å². The molecule has 1 aromatic rings. The van der Waals surface area contributed by atoms with Crippen LogP contribution < -0.4 is 26.0 Å². The Bertz CT molecular complexity index is 587. The summed E-state index contributed by atoms with van der Waals surface area (Å²) in [5.74, 6) is 0.750. The van der Waals surface area contributed by atoms with Crippen molar-refractivity contribution < 1.29 is 14.3 Å². The number of alkyl carbamates (subject to hydrolysis) is 1. The molecule has 1 aromatic carbocycles. The summed E-state index contributed by atoms with van der Waals surface area (Å²) in [6.07, 6.45) is -0.441. The van der Waals surface area contributed by atoms with Crippen LogP contribution in [-0.4, -0.2) is 50.5 Å². The molecule has 1 rings (SSSR count). The van der Waals surface area contributed by atoms with Crippen LogP contribution in [0.4, 0.5) is 16.2 Å². The van der Waals surface area contributed by atoms with Crippen molar-refractivity contribution in [2.24, 2.45) is 5.73 Å². The molecule has 1 unspecified atom stereocenters. The van der Waals surface area contributed by atoms with Gasteiger partial charge in [0.05, 0.1) is 17.9 Å². The van der Waals surface area contributed by atoms with Crippen molar-refractivity contribution in [2.45, 2.75) is 53.2 Å². The van der Waals surface area contributed by atoms with Crippen molar-refractivity contribution in [1.82, 2.24) is 5.32 Å². The number of benzene rings is 1. The molecule has 154 valence electrons. The number of likely N-dealkylation sites (N-methyl/N-ethyl adjacent to an activating group) is 1. The van der Waals surface area contributed by atoms with Crippen LogP contribution >= 0.6 is 0 Å². The van der Waals surface area contributed by atoms with E-state index in [1.807, 2.05) is 39.0 Å². The zero-order valence-electron chi connectivity index (χ0n) is 17.6. The Hall–Kier alpha value is -2.15. The van der Waals surface area contributed by atoms with Gasteiger partial charge in [0.25, 0.3) is 0 Å². The molecule has 0 aliphatic rings.